The monoisotopic (exact) mass is 324 g/mol. The first-order valence-corrected chi connectivity index (χ1v) is 7.55. The first-order chi connectivity index (χ1) is 9.66. The number of nitrogens with zero attached hydrogens (tertiary/aromatic N) is 2. The van der Waals surface area contributed by atoms with Crippen LogP contribution in [0.15, 0.2) is 0 Å². The Hall–Kier alpha value is -0.750. The zero-order valence-electron chi connectivity index (χ0n) is 12.2. The summed E-state index contributed by atoms with van der Waals surface area (Å²) in [6, 6.07) is 0. The van der Waals surface area contributed by atoms with Gasteiger partial charge >= 0.3 is 6.18 Å². The number of halogens is 4. The highest BCUT2D eigenvalue weighted by molar-refractivity contribution is 6.31. The number of aromatic nitrogens is 2. The van der Waals surface area contributed by atoms with E-state index < -0.39 is 17.7 Å². The van der Waals surface area contributed by atoms with Gasteiger partial charge in [-0.15, -0.1) is 0 Å². The number of rotatable bonds is 3. The lowest BCUT2D eigenvalue weighted by atomic mass is 9.75. The molecular weight excluding hydrogens is 305 g/mol. The molecule has 1 aliphatic rings. The van der Waals surface area contributed by atoms with E-state index in [0.717, 1.165) is 0 Å². The molecule has 3 nitrogen and oxygen atoms in total. The lowest BCUT2D eigenvalue weighted by molar-refractivity contribution is -0.200. The van der Waals surface area contributed by atoms with Crippen molar-refractivity contribution in [1.29, 1.82) is 0 Å². The van der Waals surface area contributed by atoms with Gasteiger partial charge in [-0.2, -0.15) is 18.3 Å². The van der Waals surface area contributed by atoms with E-state index in [0.29, 0.717) is 35.8 Å². The average molecular weight is 325 g/mol. The van der Waals surface area contributed by atoms with Gasteiger partial charge < -0.3 is 5.11 Å². The van der Waals surface area contributed by atoms with Crippen molar-refractivity contribution in [3.8, 4) is 0 Å². The van der Waals surface area contributed by atoms with Gasteiger partial charge in [0.15, 0.2) is 0 Å². The second kappa shape index (κ2) is 5.80. The minimum atomic E-state index is -4.25. The molecule has 0 aromatic carbocycles. The third kappa shape index (κ3) is 3.54. The van der Waals surface area contributed by atoms with Crippen LogP contribution in [-0.2, 0) is 13.0 Å². The van der Waals surface area contributed by atoms with Crippen molar-refractivity contribution < 1.29 is 18.3 Å². The zero-order chi connectivity index (χ0) is 15.8. The van der Waals surface area contributed by atoms with Crippen LogP contribution >= 0.6 is 11.6 Å². The summed E-state index contributed by atoms with van der Waals surface area (Å²) in [7, 11) is 0. The Morgan fingerprint density at radius 2 is 2.14 bits per heavy atom. The molecule has 2 atom stereocenters. The molecular formula is C14H20ClF3N2O. The minimum absolute atomic E-state index is 0.0889. The number of aliphatic hydroxyl groups is 1. The van der Waals surface area contributed by atoms with Crippen LogP contribution in [-0.4, -0.2) is 26.7 Å². The normalized spacial score (nSPS) is 27.1. The van der Waals surface area contributed by atoms with Gasteiger partial charge in [-0.3, -0.25) is 4.68 Å². The maximum absolute atomic E-state index is 12.9. The molecule has 1 heterocycles. The second-order valence-electron chi connectivity index (χ2n) is 5.90. The predicted molar refractivity (Wildman–Crippen MR) is 74.3 cm³/mol. The van der Waals surface area contributed by atoms with Gasteiger partial charge in [-0.05, 0) is 39.5 Å². The maximum Gasteiger partial charge on any atom is 0.391 e. The van der Waals surface area contributed by atoms with Crippen molar-refractivity contribution in [3.05, 3.63) is 16.4 Å². The Balaban J connectivity index is 2.22. The van der Waals surface area contributed by atoms with E-state index in [9.17, 15) is 18.3 Å². The van der Waals surface area contributed by atoms with Crippen LogP contribution in [0.5, 0.6) is 0 Å². The Kier molecular flexibility index (Phi) is 4.59. The summed E-state index contributed by atoms with van der Waals surface area (Å²) in [6.45, 7) is 4.21. The van der Waals surface area contributed by atoms with Crippen molar-refractivity contribution in [2.45, 2.75) is 64.3 Å². The van der Waals surface area contributed by atoms with Gasteiger partial charge in [-0.1, -0.05) is 11.6 Å². The third-order valence-corrected chi connectivity index (χ3v) is 4.72. The fraction of sp³-hybridized carbons (Fsp3) is 0.786. The smallest absolute Gasteiger partial charge is 0.389 e. The lowest BCUT2D eigenvalue weighted by Crippen LogP contribution is -2.42. The van der Waals surface area contributed by atoms with Crippen molar-refractivity contribution in [2.24, 2.45) is 5.92 Å². The average Bonchev–Trinajstić information content (AvgIpc) is 2.65. The number of hydrogen-bond donors (Lipinski definition) is 1. The highest BCUT2D eigenvalue weighted by atomic mass is 35.5. The Morgan fingerprint density at radius 3 is 2.71 bits per heavy atom. The van der Waals surface area contributed by atoms with E-state index in [1.54, 1.807) is 11.6 Å². The van der Waals surface area contributed by atoms with Crippen LogP contribution < -0.4 is 0 Å². The van der Waals surface area contributed by atoms with Gasteiger partial charge in [-0.25, -0.2) is 0 Å². The van der Waals surface area contributed by atoms with Crippen molar-refractivity contribution in [3.63, 3.8) is 0 Å². The molecule has 0 aliphatic heterocycles. The number of hydrogen-bond acceptors (Lipinski definition) is 2. The lowest BCUT2D eigenvalue weighted by Gasteiger charge is -2.37. The Labute approximate surface area is 127 Å². The molecule has 1 aromatic heterocycles. The highest BCUT2D eigenvalue weighted by Crippen LogP contribution is 2.43. The molecule has 0 bridgehead atoms. The summed E-state index contributed by atoms with van der Waals surface area (Å²) in [5.41, 5.74) is -0.0936. The molecule has 1 aliphatic carbocycles. The molecule has 7 heteroatoms. The van der Waals surface area contributed by atoms with Gasteiger partial charge in [0, 0.05) is 13.0 Å². The summed E-state index contributed by atoms with van der Waals surface area (Å²) >= 11 is 6.18. The molecule has 0 saturated heterocycles. The van der Waals surface area contributed by atoms with Crippen molar-refractivity contribution in [2.75, 3.05) is 0 Å². The van der Waals surface area contributed by atoms with Crippen LogP contribution in [0.2, 0.25) is 5.02 Å². The summed E-state index contributed by atoms with van der Waals surface area (Å²) in [4.78, 5) is 0. The number of aryl methyl sites for hydroxylation is 2. The van der Waals surface area contributed by atoms with Crippen LogP contribution in [0, 0.1) is 12.8 Å². The standard InChI is InChI=1S/C14H20ClF3N2O/c1-3-20-11(12(15)9(2)19-20)8-13(21)6-4-5-10(7-13)14(16,17)18/h10,21H,3-8H2,1-2H3. The van der Waals surface area contributed by atoms with Crippen LogP contribution in [0.4, 0.5) is 13.2 Å². The van der Waals surface area contributed by atoms with E-state index >= 15 is 0 Å². The molecule has 1 N–H and O–H groups in total. The Morgan fingerprint density at radius 1 is 1.48 bits per heavy atom. The fourth-order valence-corrected chi connectivity index (χ4v) is 3.33. The molecule has 0 spiro atoms. The quantitative estimate of drug-likeness (QED) is 0.916. The third-order valence-electron chi connectivity index (χ3n) is 4.23. The topological polar surface area (TPSA) is 38.0 Å². The largest absolute Gasteiger partial charge is 0.391 e. The summed E-state index contributed by atoms with van der Waals surface area (Å²) in [5, 5.41) is 15.3. The SMILES string of the molecule is CCn1nc(C)c(Cl)c1CC1(O)CCCC(C(F)(F)F)C1. The van der Waals surface area contributed by atoms with E-state index in [2.05, 4.69) is 5.10 Å². The molecule has 1 saturated carbocycles. The van der Waals surface area contributed by atoms with E-state index in [-0.39, 0.29) is 19.3 Å². The van der Waals surface area contributed by atoms with Gasteiger partial charge in [0.1, 0.15) is 0 Å². The molecule has 2 rings (SSSR count). The molecule has 21 heavy (non-hydrogen) atoms. The van der Waals surface area contributed by atoms with Gasteiger partial charge in [0.05, 0.1) is 27.9 Å². The minimum Gasteiger partial charge on any atom is -0.389 e. The maximum atomic E-state index is 12.9. The van der Waals surface area contributed by atoms with E-state index in [1.165, 1.54) is 0 Å². The molecule has 0 amide bonds. The summed E-state index contributed by atoms with van der Waals surface area (Å²) in [5.74, 6) is -1.44. The van der Waals surface area contributed by atoms with Crippen LogP contribution in [0.1, 0.15) is 44.0 Å². The van der Waals surface area contributed by atoms with E-state index in [4.69, 9.17) is 11.6 Å². The number of alkyl halides is 3. The fourth-order valence-electron chi connectivity index (χ4n) is 3.13. The zero-order valence-corrected chi connectivity index (χ0v) is 12.9. The summed E-state index contributed by atoms with van der Waals surface area (Å²) < 4.78 is 40.4. The van der Waals surface area contributed by atoms with Crippen LogP contribution in [0.3, 0.4) is 0 Å². The van der Waals surface area contributed by atoms with Crippen molar-refractivity contribution in [1.82, 2.24) is 9.78 Å². The molecule has 120 valence electrons. The highest BCUT2D eigenvalue weighted by Gasteiger charge is 2.47. The molecule has 1 fully saturated rings. The summed E-state index contributed by atoms with van der Waals surface area (Å²) in [6.07, 6.45) is -3.57. The second-order valence-corrected chi connectivity index (χ2v) is 6.28. The van der Waals surface area contributed by atoms with E-state index in [1.807, 2.05) is 6.92 Å². The molecule has 2 unspecified atom stereocenters. The van der Waals surface area contributed by atoms with Crippen LogP contribution in [0.25, 0.3) is 0 Å². The first kappa shape index (κ1) is 16.6. The predicted octanol–water partition coefficient (Wildman–Crippen LogP) is 3.89. The Bertz CT molecular complexity index is 515. The molecule has 1 aromatic rings. The molecule has 0 radical (unpaired) electrons. The van der Waals surface area contributed by atoms with Gasteiger partial charge in [0.2, 0.25) is 0 Å². The van der Waals surface area contributed by atoms with Gasteiger partial charge in [0.25, 0.3) is 0 Å². The van der Waals surface area contributed by atoms with Crippen molar-refractivity contribution >= 4 is 11.6 Å². The first-order valence-electron chi connectivity index (χ1n) is 7.17.